The highest BCUT2D eigenvalue weighted by Gasteiger charge is 2.12. The van der Waals surface area contributed by atoms with Crippen molar-refractivity contribution in [3.8, 4) is 17.3 Å². The number of anilines is 1. The monoisotopic (exact) mass is 372 g/mol. The molecular formula is C21H13FN4S. The zero-order valence-electron chi connectivity index (χ0n) is 14.1. The normalized spacial score (nSPS) is 11.3. The minimum Gasteiger partial charge on any atom is -0.277 e. The molecule has 0 spiro atoms. The van der Waals surface area contributed by atoms with E-state index in [1.165, 1.54) is 23.5 Å². The van der Waals surface area contributed by atoms with Gasteiger partial charge in [-0.15, -0.1) is 11.3 Å². The molecule has 0 amide bonds. The number of nitrogens with zero attached hydrogens (tertiary/aromatic N) is 3. The number of aromatic nitrogens is 1. The van der Waals surface area contributed by atoms with E-state index >= 15 is 0 Å². The van der Waals surface area contributed by atoms with E-state index in [2.05, 4.69) is 39.8 Å². The van der Waals surface area contributed by atoms with Gasteiger partial charge in [0.1, 0.15) is 11.9 Å². The largest absolute Gasteiger partial charge is 0.277 e. The number of nitriles is 1. The molecule has 1 heterocycles. The summed E-state index contributed by atoms with van der Waals surface area (Å²) < 4.78 is 13.0. The third-order valence-corrected chi connectivity index (χ3v) is 4.87. The van der Waals surface area contributed by atoms with Gasteiger partial charge in [0.15, 0.2) is 10.7 Å². The molecule has 1 N–H and O–H groups in total. The van der Waals surface area contributed by atoms with Crippen molar-refractivity contribution in [2.75, 3.05) is 5.43 Å². The van der Waals surface area contributed by atoms with Gasteiger partial charge in [-0.2, -0.15) is 10.4 Å². The summed E-state index contributed by atoms with van der Waals surface area (Å²) >= 11 is 1.36. The molecule has 130 valence electrons. The van der Waals surface area contributed by atoms with Crippen LogP contribution in [0.2, 0.25) is 0 Å². The Kier molecular flexibility index (Phi) is 4.60. The Morgan fingerprint density at radius 1 is 1.04 bits per heavy atom. The van der Waals surface area contributed by atoms with Crippen molar-refractivity contribution in [2.45, 2.75) is 0 Å². The average molecular weight is 372 g/mol. The van der Waals surface area contributed by atoms with E-state index in [0.29, 0.717) is 10.7 Å². The van der Waals surface area contributed by atoms with Crippen LogP contribution in [0.4, 0.5) is 10.1 Å². The van der Waals surface area contributed by atoms with Crippen LogP contribution in [0.1, 0.15) is 5.01 Å². The first-order chi connectivity index (χ1) is 13.2. The smallest absolute Gasteiger partial charge is 0.196 e. The Bertz CT molecular complexity index is 1170. The summed E-state index contributed by atoms with van der Waals surface area (Å²) in [6, 6.07) is 22.0. The Balaban J connectivity index is 1.65. The Hall–Kier alpha value is -3.56. The zero-order chi connectivity index (χ0) is 18.6. The van der Waals surface area contributed by atoms with Gasteiger partial charge >= 0.3 is 0 Å². The van der Waals surface area contributed by atoms with Gasteiger partial charge in [0.25, 0.3) is 0 Å². The number of thiazole rings is 1. The summed E-state index contributed by atoms with van der Waals surface area (Å²) in [6.07, 6.45) is 0. The number of benzene rings is 3. The Morgan fingerprint density at radius 3 is 2.63 bits per heavy atom. The highest BCUT2D eigenvalue weighted by molar-refractivity contribution is 7.12. The summed E-state index contributed by atoms with van der Waals surface area (Å²) in [7, 11) is 0. The lowest BCUT2D eigenvalue weighted by atomic mass is 10.0. The molecule has 0 fully saturated rings. The quantitative estimate of drug-likeness (QED) is 0.383. The Morgan fingerprint density at radius 2 is 1.81 bits per heavy atom. The second-order valence-electron chi connectivity index (χ2n) is 5.76. The summed E-state index contributed by atoms with van der Waals surface area (Å²) in [5.74, 6) is -0.329. The SMILES string of the molecule is N#C/C(=N\Nc1ccc(F)cc1)c1nc(-c2cccc3ccccc23)cs1. The van der Waals surface area contributed by atoms with Crippen LogP contribution in [0, 0.1) is 17.1 Å². The molecule has 0 unspecified atom stereocenters. The van der Waals surface area contributed by atoms with Gasteiger partial charge in [-0.05, 0) is 35.0 Å². The van der Waals surface area contributed by atoms with Crippen LogP contribution in [0.15, 0.2) is 77.2 Å². The van der Waals surface area contributed by atoms with Gasteiger partial charge in [0.05, 0.1) is 11.4 Å². The first kappa shape index (κ1) is 16.9. The summed E-state index contributed by atoms with van der Waals surface area (Å²) in [4.78, 5) is 4.59. The van der Waals surface area contributed by atoms with Crippen LogP contribution in [0.3, 0.4) is 0 Å². The number of rotatable bonds is 4. The van der Waals surface area contributed by atoms with Crippen molar-refractivity contribution in [3.63, 3.8) is 0 Å². The number of fused-ring (bicyclic) bond motifs is 1. The zero-order valence-corrected chi connectivity index (χ0v) is 14.9. The first-order valence-electron chi connectivity index (χ1n) is 8.18. The van der Waals surface area contributed by atoms with Crippen molar-refractivity contribution in [1.82, 2.24) is 4.98 Å². The first-order valence-corrected chi connectivity index (χ1v) is 9.06. The highest BCUT2D eigenvalue weighted by Crippen LogP contribution is 2.29. The predicted molar refractivity (Wildman–Crippen MR) is 107 cm³/mol. The molecule has 27 heavy (non-hydrogen) atoms. The van der Waals surface area contributed by atoms with Crippen molar-refractivity contribution in [2.24, 2.45) is 5.10 Å². The van der Waals surface area contributed by atoms with Gasteiger partial charge in [-0.1, -0.05) is 42.5 Å². The van der Waals surface area contributed by atoms with Crippen LogP contribution in [0.5, 0.6) is 0 Å². The molecule has 0 aliphatic heterocycles. The van der Waals surface area contributed by atoms with Gasteiger partial charge < -0.3 is 0 Å². The maximum Gasteiger partial charge on any atom is 0.196 e. The van der Waals surface area contributed by atoms with Crippen molar-refractivity contribution in [3.05, 3.63) is 82.9 Å². The molecule has 3 aromatic carbocycles. The van der Waals surface area contributed by atoms with Gasteiger partial charge in [-0.25, -0.2) is 9.37 Å². The lowest BCUT2D eigenvalue weighted by Gasteiger charge is -2.03. The number of halogens is 1. The minimum absolute atomic E-state index is 0.177. The number of hydrogen-bond acceptors (Lipinski definition) is 5. The maximum absolute atomic E-state index is 13.0. The van der Waals surface area contributed by atoms with Gasteiger partial charge in [0.2, 0.25) is 0 Å². The molecular weight excluding hydrogens is 359 g/mol. The highest BCUT2D eigenvalue weighted by atomic mass is 32.1. The van der Waals surface area contributed by atoms with Gasteiger partial charge in [0, 0.05) is 10.9 Å². The fraction of sp³-hybridized carbons (Fsp3) is 0. The Labute approximate surface area is 159 Å². The molecule has 0 radical (unpaired) electrons. The average Bonchev–Trinajstić information content (AvgIpc) is 3.19. The number of hydrogen-bond donors (Lipinski definition) is 1. The number of nitrogens with one attached hydrogen (secondary N) is 1. The molecule has 4 rings (SSSR count). The molecule has 0 atom stereocenters. The molecule has 1 aromatic heterocycles. The van der Waals surface area contributed by atoms with Crippen molar-refractivity contribution in [1.29, 1.82) is 5.26 Å². The standard InChI is InChI=1S/C21H13FN4S/c22-15-8-10-16(11-9-15)25-26-19(12-23)21-24-20(13-27-21)18-7-3-5-14-4-1-2-6-17(14)18/h1-11,13,25H/b26-19+. The third kappa shape index (κ3) is 3.54. The second-order valence-corrected chi connectivity index (χ2v) is 6.61. The predicted octanol–water partition coefficient (Wildman–Crippen LogP) is 5.44. The van der Waals surface area contributed by atoms with Crippen LogP contribution in [-0.2, 0) is 0 Å². The minimum atomic E-state index is -0.329. The summed E-state index contributed by atoms with van der Waals surface area (Å²) in [5.41, 5.74) is 5.35. The molecule has 0 aliphatic carbocycles. The van der Waals surface area contributed by atoms with Crippen molar-refractivity contribution >= 4 is 33.5 Å². The van der Waals surface area contributed by atoms with Crippen LogP contribution in [0.25, 0.3) is 22.0 Å². The fourth-order valence-electron chi connectivity index (χ4n) is 2.72. The molecule has 4 aromatic rings. The van der Waals surface area contributed by atoms with E-state index in [1.807, 2.05) is 29.6 Å². The topological polar surface area (TPSA) is 61.1 Å². The van der Waals surface area contributed by atoms with E-state index in [4.69, 9.17) is 0 Å². The van der Waals surface area contributed by atoms with E-state index in [1.54, 1.807) is 12.1 Å². The lowest BCUT2D eigenvalue weighted by molar-refractivity contribution is 0.628. The lowest BCUT2D eigenvalue weighted by Crippen LogP contribution is -2.01. The summed E-state index contributed by atoms with van der Waals surface area (Å²) in [5, 5.41) is 18.2. The van der Waals surface area contributed by atoms with E-state index < -0.39 is 0 Å². The van der Waals surface area contributed by atoms with E-state index in [-0.39, 0.29) is 11.5 Å². The molecule has 0 aliphatic rings. The molecule has 0 saturated carbocycles. The molecule has 0 saturated heterocycles. The fourth-order valence-corrected chi connectivity index (χ4v) is 3.48. The molecule has 0 bridgehead atoms. The summed E-state index contributed by atoms with van der Waals surface area (Å²) in [6.45, 7) is 0. The van der Waals surface area contributed by atoms with E-state index in [0.717, 1.165) is 22.0 Å². The second kappa shape index (κ2) is 7.36. The van der Waals surface area contributed by atoms with Crippen LogP contribution >= 0.6 is 11.3 Å². The third-order valence-electron chi connectivity index (χ3n) is 4.02. The molecule has 6 heteroatoms. The van der Waals surface area contributed by atoms with Crippen LogP contribution in [-0.4, -0.2) is 10.7 Å². The van der Waals surface area contributed by atoms with E-state index in [9.17, 15) is 9.65 Å². The molecule has 4 nitrogen and oxygen atoms in total. The number of hydrazone groups is 1. The van der Waals surface area contributed by atoms with Crippen LogP contribution < -0.4 is 5.43 Å². The maximum atomic E-state index is 13.0. The van der Waals surface area contributed by atoms with Crippen molar-refractivity contribution < 1.29 is 4.39 Å². The van der Waals surface area contributed by atoms with Gasteiger partial charge in [-0.3, -0.25) is 5.43 Å².